The summed E-state index contributed by atoms with van der Waals surface area (Å²) < 4.78 is 0. The smallest absolute Gasteiger partial charge is 0.310 e. The first kappa shape index (κ1) is 8.93. The first-order valence-electron chi connectivity index (χ1n) is 4.44. The Morgan fingerprint density at radius 2 is 2.36 bits per heavy atom. The van der Waals surface area contributed by atoms with Gasteiger partial charge in [0.2, 0.25) is 0 Å². The molecule has 1 aromatic rings. The summed E-state index contributed by atoms with van der Waals surface area (Å²) in [6, 6.07) is 1.80. The standard InChI is InChI=1S/C9H11N3O2/c1-6-10-3-2-8(11-6)12-4-7(5-12)9(13)14/h2-3,7H,4-5H2,1H3,(H,13,14). The Kier molecular flexibility index (Phi) is 2.07. The fourth-order valence-electron chi connectivity index (χ4n) is 1.44. The largest absolute Gasteiger partial charge is 0.481 e. The average molecular weight is 193 g/mol. The topological polar surface area (TPSA) is 66.3 Å². The molecule has 0 unspecified atom stereocenters. The average Bonchev–Trinajstić information content (AvgIpc) is 2.00. The number of rotatable bonds is 2. The fourth-order valence-corrected chi connectivity index (χ4v) is 1.44. The second kappa shape index (κ2) is 3.25. The van der Waals surface area contributed by atoms with Gasteiger partial charge in [0.05, 0.1) is 5.92 Å². The summed E-state index contributed by atoms with van der Waals surface area (Å²) in [4.78, 5) is 20.7. The third-order valence-corrected chi connectivity index (χ3v) is 2.32. The number of aryl methyl sites for hydroxylation is 1. The van der Waals surface area contributed by atoms with Crippen LogP contribution in [0.2, 0.25) is 0 Å². The third kappa shape index (κ3) is 1.53. The molecule has 74 valence electrons. The van der Waals surface area contributed by atoms with Crippen LogP contribution in [0.5, 0.6) is 0 Å². The molecule has 5 nitrogen and oxygen atoms in total. The minimum absolute atomic E-state index is 0.245. The summed E-state index contributed by atoms with van der Waals surface area (Å²) in [7, 11) is 0. The van der Waals surface area contributed by atoms with Gasteiger partial charge in [0.25, 0.3) is 0 Å². The second-order valence-corrected chi connectivity index (χ2v) is 3.40. The van der Waals surface area contributed by atoms with Crippen molar-refractivity contribution in [3.63, 3.8) is 0 Å². The zero-order valence-electron chi connectivity index (χ0n) is 7.84. The van der Waals surface area contributed by atoms with Crippen LogP contribution in [0.4, 0.5) is 5.82 Å². The highest BCUT2D eigenvalue weighted by molar-refractivity contribution is 5.74. The summed E-state index contributed by atoms with van der Waals surface area (Å²) in [6.45, 7) is 2.91. The maximum absolute atomic E-state index is 10.6. The molecule has 0 spiro atoms. The quantitative estimate of drug-likeness (QED) is 0.732. The molecule has 1 N–H and O–H groups in total. The third-order valence-electron chi connectivity index (χ3n) is 2.32. The highest BCUT2D eigenvalue weighted by atomic mass is 16.4. The van der Waals surface area contributed by atoms with Crippen molar-refractivity contribution < 1.29 is 9.90 Å². The van der Waals surface area contributed by atoms with Gasteiger partial charge in [0, 0.05) is 19.3 Å². The number of anilines is 1. The van der Waals surface area contributed by atoms with E-state index in [-0.39, 0.29) is 5.92 Å². The molecule has 1 aliphatic rings. The molecule has 0 radical (unpaired) electrons. The predicted octanol–water partition coefficient (Wildman–Crippen LogP) is 0.306. The van der Waals surface area contributed by atoms with Crippen molar-refractivity contribution in [3.8, 4) is 0 Å². The Morgan fingerprint density at radius 1 is 1.64 bits per heavy atom. The van der Waals surface area contributed by atoms with Gasteiger partial charge in [-0.05, 0) is 13.0 Å². The van der Waals surface area contributed by atoms with Crippen LogP contribution in [0.3, 0.4) is 0 Å². The lowest BCUT2D eigenvalue weighted by Crippen LogP contribution is -2.50. The van der Waals surface area contributed by atoms with Crippen molar-refractivity contribution in [1.82, 2.24) is 9.97 Å². The van der Waals surface area contributed by atoms with Gasteiger partial charge in [-0.2, -0.15) is 0 Å². The molecule has 2 heterocycles. The highest BCUT2D eigenvalue weighted by Crippen LogP contribution is 2.22. The molecule has 0 amide bonds. The van der Waals surface area contributed by atoms with Crippen LogP contribution in [0.1, 0.15) is 5.82 Å². The first-order valence-corrected chi connectivity index (χ1v) is 4.44. The molecule has 1 fully saturated rings. The summed E-state index contributed by atoms with van der Waals surface area (Å²) in [5.74, 6) is 0.550. The maximum Gasteiger partial charge on any atom is 0.310 e. The van der Waals surface area contributed by atoms with Gasteiger partial charge < -0.3 is 10.0 Å². The summed E-state index contributed by atoms with van der Waals surface area (Å²) in [5.41, 5.74) is 0. The monoisotopic (exact) mass is 193 g/mol. The molecule has 1 saturated heterocycles. The molecule has 1 aliphatic heterocycles. The lowest BCUT2D eigenvalue weighted by molar-refractivity contribution is -0.142. The number of nitrogens with zero attached hydrogens (tertiary/aromatic N) is 3. The Morgan fingerprint density at radius 3 is 2.93 bits per heavy atom. The highest BCUT2D eigenvalue weighted by Gasteiger charge is 2.33. The molecule has 14 heavy (non-hydrogen) atoms. The number of carboxylic acids is 1. The Labute approximate surface area is 81.4 Å². The molecule has 0 atom stereocenters. The number of aromatic nitrogens is 2. The molecule has 2 rings (SSSR count). The van der Waals surface area contributed by atoms with Gasteiger partial charge in [-0.3, -0.25) is 4.79 Å². The van der Waals surface area contributed by atoms with Crippen molar-refractivity contribution in [2.45, 2.75) is 6.92 Å². The van der Waals surface area contributed by atoms with Crippen molar-refractivity contribution in [1.29, 1.82) is 0 Å². The Bertz CT molecular complexity index is 361. The molecular formula is C9H11N3O2. The molecule has 0 aliphatic carbocycles. The van der Waals surface area contributed by atoms with E-state index < -0.39 is 5.97 Å². The van der Waals surface area contributed by atoms with Crippen molar-refractivity contribution >= 4 is 11.8 Å². The van der Waals surface area contributed by atoms with Gasteiger partial charge in [0.1, 0.15) is 11.6 Å². The molecule has 0 bridgehead atoms. The first-order chi connectivity index (χ1) is 6.66. The lowest BCUT2D eigenvalue weighted by atomic mass is 10.0. The van der Waals surface area contributed by atoms with E-state index in [0.29, 0.717) is 18.9 Å². The number of hydrogen-bond acceptors (Lipinski definition) is 4. The van der Waals surface area contributed by atoms with E-state index in [2.05, 4.69) is 9.97 Å². The molecule has 0 aromatic carbocycles. The van der Waals surface area contributed by atoms with E-state index in [1.54, 1.807) is 12.3 Å². The fraction of sp³-hybridized carbons (Fsp3) is 0.444. The van der Waals surface area contributed by atoms with E-state index in [0.717, 1.165) is 5.82 Å². The number of aliphatic carboxylic acids is 1. The van der Waals surface area contributed by atoms with Gasteiger partial charge in [-0.25, -0.2) is 9.97 Å². The SMILES string of the molecule is Cc1nccc(N2CC(C(=O)O)C2)n1. The molecule has 0 saturated carbocycles. The lowest BCUT2D eigenvalue weighted by Gasteiger charge is -2.37. The number of hydrogen-bond donors (Lipinski definition) is 1. The zero-order chi connectivity index (χ0) is 10.1. The number of carboxylic acid groups (broad SMARTS) is 1. The van der Waals surface area contributed by atoms with Crippen LogP contribution in [-0.2, 0) is 4.79 Å². The van der Waals surface area contributed by atoms with Crippen LogP contribution in [0, 0.1) is 12.8 Å². The number of carbonyl (C=O) groups is 1. The molecule has 5 heteroatoms. The van der Waals surface area contributed by atoms with Gasteiger partial charge in [0.15, 0.2) is 0 Å². The van der Waals surface area contributed by atoms with Crippen LogP contribution in [0.15, 0.2) is 12.3 Å². The van der Waals surface area contributed by atoms with Crippen molar-refractivity contribution in [3.05, 3.63) is 18.1 Å². The van der Waals surface area contributed by atoms with Crippen molar-refractivity contribution in [2.75, 3.05) is 18.0 Å². The van der Waals surface area contributed by atoms with E-state index >= 15 is 0 Å². The van der Waals surface area contributed by atoms with E-state index in [1.165, 1.54) is 0 Å². The van der Waals surface area contributed by atoms with E-state index in [1.807, 2.05) is 11.8 Å². The van der Waals surface area contributed by atoms with Crippen LogP contribution >= 0.6 is 0 Å². The summed E-state index contributed by atoms with van der Waals surface area (Å²) in [5, 5.41) is 8.69. The molecular weight excluding hydrogens is 182 g/mol. The second-order valence-electron chi connectivity index (χ2n) is 3.40. The Hall–Kier alpha value is -1.65. The molecule has 1 aromatic heterocycles. The summed E-state index contributed by atoms with van der Waals surface area (Å²) >= 11 is 0. The summed E-state index contributed by atoms with van der Waals surface area (Å²) in [6.07, 6.45) is 1.69. The minimum atomic E-state index is -0.730. The van der Waals surface area contributed by atoms with Crippen molar-refractivity contribution in [2.24, 2.45) is 5.92 Å². The van der Waals surface area contributed by atoms with E-state index in [4.69, 9.17) is 5.11 Å². The zero-order valence-corrected chi connectivity index (χ0v) is 7.84. The normalized spacial score (nSPS) is 16.5. The Balaban J connectivity index is 2.03. The van der Waals surface area contributed by atoms with Crippen LogP contribution in [-0.4, -0.2) is 34.1 Å². The van der Waals surface area contributed by atoms with Crippen LogP contribution < -0.4 is 4.90 Å². The maximum atomic E-state index is 10.6. The predicted molar refractivity (Wildman–Crippen MR) is 50.1 cm³/mol. The van der Waals surface area contributed by atoms with Crippen LogP contribution in [0.25, 0.3) is 0 Å². The van der Waals surface area contributed by atoms with E-state index in [9.17, 15) is 4.79 Å². The van der Waals surface area contributed by atoms with Gasteiger partial charge in [-0.1, -0.05) is 0 Å². The van der Waals surface area contributed by atoms with Gasteiger partial charge >= 0.3 is 5.97 Å². The minimum Gasteiger partial charge on any atom is -0.481 e. The van der Waals surface area contributed by atoms with Gasteiger partial charge in [-0.15, -0.1) is 0 Å².